The summed E-state index contributed by atoms with van der Waals surface area (Å²) in [7, 11) is -1.77. The molecular formula is C14H24N2O2S. The normalized spacial score (nSPS) is 15.5. The maximum absolute atomic E-state index is 12.4. The van der Waals surface area contributed by atoms with Crippen LogP contribution in [0.2, 0.25) is 0 Å². The molecule has 0 amide bonds. The number of hydrogen-bond donors (Lipinski definition) is 1. The molecule has 5 heteroatoms. The Balaban J connectivity index is 2.93. The van der Waals surface area contributed by atoms with Crippen LogP contribution in [0.3, 0.4) is 0 Å². The second kappa shape index (κ2) is 6.50. The third kappa shape index (κ3) is 4.03. The van der Waals surface area contributed by atoms with Crippen molar-refractivity contribution in [1.82, 2.24) is 4.31 Å². The minimum Gasteiger partial charge on any atom is -0.324 e. The standard InChI is InChI=1S/C14H24N2O2S/c1-5-11(2)10-16(4)19(17,18)14-8-6-13(7-9-14)12(3)15/h6-9,11-12H,5,10,15H2,1-4H3. The minimum atomic E-state index is -3.39. The van der Waals surface area contributed by atoms with E-state index in [2.05, 4.69) is 6.92 Å². The molecule has 0 fully saturated rings. The van der Waals surface area contributed by atoms with E-state index in [-0.39, 0.29) is 6.04 Å². The number of benzene rings is 1. The Hall–Kier alpha value is -0.910. The van der Waals surface area contributed by atoms with Gasteiger partial charge in [0.15, 0.2) is 0 Å². The highest BCUT2D eigenvalue weighted by atomic mass is 32.2. The number of nitrogens with two attached hydrogens (primary N) is 1. The lowest BCUT2D eigenvalue weighted by Gasteiger charge is -2.20. The highest BCUT2D eigenvalue weighted by Gasteiger charge is 2.21. The molecule has 2 unspecified atom stereocenters. The van der Waals surface area contributed by atoms with Crippen molar-refractivity contribution in [2.75, 3.05) is 13.6 Å². The van der Waals surface area contributed by atoms with Gasteiger partial charge in [-0.1, -0.05) is 32.4 Å². The molecule has 0 saturated heterocycles. The molecule has 108 valence electrons. The van der Waals surface area contributed by atoms with Crippen molar-refractivity contribution in [3.8, 4) is 0 Å². The lowest BCUT2D eigenvalue weighted by atomic mass is 10.1. The molecule has 1 aromatic carbocycles. The highest BCUT2D eigenvalue weighted by Crippen LogP contribution is 2.19. The summed E-state index contributed by atoms with van der Waals surface area (Å²) in [6.45, 7) is 6.51. The summed E-state index contributed by atoms with van der Waals surface area (Å²) in [5.41, 5.74) is 6.69. The maximum atomic E-state index is 12.4. The zero-order valence-electron chi connectivity index (χ0n) is 12.1. The molecule has 0 saturated carbocycles. The fourth-order valence-corrected chi connectivity index (χ4v) is 3.08. The molecule has 0 radical (unpaired) electrons. The van der Waals surface area contributed by atoms with Crippen molar-refractivity contribution in [3.63, 3.8) is 0 Å². The van der Waals surface area contributed by atoms with Crippen LogP contribution in [0, 0.1) is 5.92 Å². The van der Waals surface area contributed by atoms with Crippen molar-refractivity contribution in [2.45, 2.75) is 38.1 Å². The molecule has 2 N–H and O–H groups in total. The van der Waals surface area contributed by atoms with E-state index < -0.39 is 10.0 Å². The first kappa shape index (κ1) is 16.1. The van der Waals surface area contributed by atoms with Gasteiger partial charge < -0.3 is 5.73 Å². The molecule has 0 bridgehead atoms. The van der Waals surface area contributed by atoms with E-state index in [1.807, 2.05) is 13.8 Å². The van der Waals surface area contributed by atoms with Gasteiger partial charge in [-0.05, 0) is 30.5 Å². The van der Waals surface area contributed by atoms with E-state index in [4.69, 9.17) is 5.73 Å². The van der Waals surface area contributed by atoms with Crippen LogP contribution in [0.4, 0.5) is 0 Å². The number of hydrogen-bond acceptors (Lipinski definition) is 3. The molecule has 0 aliphatic rings. The topological polar surface area (TPSA) is 63.4 Å². The molecule has 0 heterocycles. The summed E-state index contributed by atoms with van der Waals surface area (Å²) in [4.78, 5) is 0.322. The smallest absolute Gasteiger partial charge is 0.242 e. The van der Waals surface area contributed by atoms with Gasteiger partial charge in [0.25, 0.3) is 0 Å². The van der Waals surface area contributed by atoms with Crippen LogP contribution in [-0.4, -0.2) is 26.3 Å². The van der Waals surface area contributed by atoms with Gasteiger partial charge in [0.1, 0.15) is 0 Å². The van der Waals surface area contributed by atoms with Crippen LogP contribution < -0.4 is 5.73 Å². The summed E-state index contributed by atoms with van der Waals surface area (Å²) in [5.74, 6) is 0.350. The Morgan fingerprint density at radius 3 is 2.16 bits per heavy atom. The quantitative estimate of drug-likeness (QED) is 0.872. The average molecular weight is 284 g/mol. The zero-order valence-corrected chi connectivity index (χ0v) is 12.9. The van der Waals surface area contributed by atoms with E-state index in [1.54, 1.807) is 31.3 Å². The average Bonchev–Trinajstić information content (AvgIpc) is 2.38. The second-order valence-corrected chi connectivity index (χ2v) is 7.20. The van der Waals surface area contributed by atoms with Gasteiger partial charge in [-0.2, -0.15) is 0 Å². The summed E-state index contributed by atoms with van der Waals surface area (Å²) >= 11 is 0. The molecule has 4 nitrogen and oxygen atoms in total. The summed E-state index contributed by atoms with van der Waals surface area (Å²) in [6.07, 6.45) is 0.962. The second-order valence-electron chi connectivity index (χ2n) is 5.16. The van der Waals surface area contributed by atoms with Gasteiger partial charge in [-0.15, -0.1) is 0 Å². The summed E-state index contributed by atoms with van der Waals surface area (Å²) < 4.78 is 26.1. The van der Waals surface area contributed by atoms with Crippen molar-refractivity contribution in [3.05, 3.63) is 29.8 Å². The Kier molecular flexibility index (Phi) is 5.52. The largest absolute Gasteiger partial charge is 0.324 e. The van der Waals surface area contributed by atoms with E-state index >= 15 is 0 Å². The van der Waals surface area contributed by atoms with Gasteiger partial charge in [0.05, 0.1) is 4.90 Å². The van der Waals surface area contributed by atoms with Gasteiger partial charge in [0, 0.05) is 19.6 Å². The first-order chi connectivity index (χ1) is 8.78. The Morgan fingerprint density at radius 2 is 1.74 bits per heavy atom. The number of rotatable bonds is 6. The SMILES string of the molecule is CCC(C)CN(C)S(=O)(=O)c1ccc(C(C)N)cc1. The molecule has 1 aromatic rings. The molecule has 2 atom stereocenters. The molecule has 0 aromatic heterocycles. The van der Waals surface area contributed by atoms with Gasteiger partial charge in [0.2, 0.25) is 10.0 Å². The predicted octanol–water partition coefficient (Wildman–Crippen LogP) is 2.37. The predicted molar refractivity (Wildman–Crippen MR) is 78.3 cm³/mol. The monoisotopic (exact) mass is 284 g/mol. The lowest BCUT2D eigenvalue weighted by Crippen LogP contribution is -2.31. The van der Waals surface area contributed by atoms with Gasteiger partial charge in [-0.3, -0.25) is 0 Å². The Morgan fingerprint density at radius 1 is 1.21 bits per heavy atom. The molecule has 1 rings (SSSR count). The van der Waals surface area contributed by atoms with E-state index in [0.29, 0.717) is 17.4 Å². The number of sulfonamides is 1. The van der Waals surface area contributed by atoms with E-state index in [9.17, 15) is 8.42 Å². The van der Waals surface area contributed by atoms with E-state index in [0.717, 1.165) is 12.0 Å². The van der Waals surface area contributed by atoms with Crippen LogP contribution >= 0.6 is 0 Å². The lowest BCUT2D eigenvalue weighted by molar-refractivity contribution is 0.393. The van der Waals surface area contributed by atoms with Crippen LogP contribution in [-0.2, 0) is 10.0 Å². The van der Waals surface area contributed by atoms with E-state index in [1.165, 1.54) is 4.31 Å². The molecule has 0 spiro atoms. The number of nitrogens with zero attached hydrogens (tertiary/aromatic N) is 1. The minimum absolute atomic E-state index is 0.0883. The van der Waals surface area contributed by atoms with Gasteiger partial charge in [-0.25, -0.2) is 12.7 Å². The summed E-state index contributed by atoms with van der Waals surface area (Å²) in [5, 5.41) is 0. The summed E-state index contributed by atoms with van der Waals surface area (Å²) in [6, 6.07) is 6.71. The van der Waals surface area contributed by atoms with Gasteiger partial charge >= 0.3 is 0 Å². The van der Waals surface area contributed by atoms with Crippen LogP contribution in [0.5, 0.6) is 0 Å². The highest BCUT2D eigenvalue weighted by molar-refractivity contribution is 7.89. The maximum Gasteiger partial charge on any atom is 0.242 e. The van der Waals surface area contributed by atoms with Crippen LogP contribution in [0.1, 0.15) is 38.8 Å². The van der Waals surface area contributed by atoms with Crippen molar-refractivity contribution in [2.24, 2.45) is 11.7 Å². The molecule has 0 aliphatic heterocycles. The molecular weight excluding hydrogens is 260 g/mol. The molecule has 19 heavy (non-hydrogen) atoms. The third-order valence-corrected chi connectivity index (χ3v) is 5.22. The van der Waals surface area contributed by atoms with Crippen LogP contribution in [0.25, 0.3) is 0 Å². The van der Waals surface area contributed by atoms with Crippen molar-refractivity contribution >= 4 is 10.0 Å². The Bertz CT molecular complexity index is 495. The third-order valence-electron chi connectivity index (χ3n) is 3.38. The fraction of sp³-hybridized carbons (Fsp3) is 0.571. The van der Waals surface area contributed by atoms with Crippen LogP contribution in [0.15, 0.2) is 29.2 Å². The van der Waals surface area contributed by atoms with Crippen molar-refractivity contribution in [1.29, 1.82) is 0 Å². The molecule has 0 aliphatic carbocycles. The Labute approximate surface area is 116 Å². The fourth-order valence-electron chi connectivity index (χ4n) is 1.79. The van der Waals surface area contributed by atoms with Crippen molar-refractivity contribution < 1.29 is 8.42 Å². The zero-order chi connectivity index (χ0) is 14.6. The first-order valence-electron chi connectivity index (χ1n) is 6.61. The first-order valence-corrected chi connectivity index (χ1v) is 8.05.